The van der Waals surface area contributed by atoms with E-state index in [-0.39, 0.29) is 12.3 Å². The Labute approximate surface area is 183 Å². The minimum atomic E-state index is -0.644. The van der Waals surface area contributed by atoms with Crippen LogP contribution in [0.25, 0.3) is 11.0 Å². The van der Waals surface area contributed by atoms with Crippen molar-refractivity contribution in [3.8, 4) is 5.75 Å². The predicted molar refractivity (Wildman–Crippen MR) is 122 cm³/mol. The molecule has 2 N–H and O–H groups in total. The van der Waals surface area contributed by atoms with E-state index in [1.165, 1.54) is 0 Å². The first kappa shape index (κ1) is 20.5. The van der Waals surface area contributed by atoms with Gasteiger partial charge in [-0.2, -0.15) is 0 Å². The fourth-order valence-electron chi connectivity index (χ4n) is 3.09. The number of para-hydroxylation sites is 1. The molecule has 156 valence electrons. The van der Waals surface area contributed by atoms with Crippen molar-refractivity contribution in [1.82, 2.24) is 0 Å². The summed E-state index contributed by atoms with van der Waals surface area (Å²) in [5.41, 5.74) is 1.35. The lowest BCUT2D eigenvalue weighted by atomic mass is 10.1. The Morgan fingerprint density at radius 2 is 1.61 bits per heavy atom. The number of halogens is 1. The molecule has 1 amide bonds. The summed E-state index contributed by atoms with van der Waals surface area (Å²) < 4.78 is 10.9. The average molecular weight is 435 g/mol. The summed E-state index contributed by atoms with van der Waals surface area (Å²) in [5, 5.41) is 7.15. The van der Waals surface area contributed by atoms with Crippen LogP contribution in [0.4, 0.5) is 11.4 Å². The van der Waals surface area contributed by atoms with Crippen molar-refractivity contribution < 1.29 is 13.9 Å². The molecule has 0 fully saturated rings. The van der Waals surface area contributed by atoms with Gasteiger partial charge in [-0.15, -0.1) is 0 Å². The zero-order valence-corrected chi connectivity index (χ0v) is 17.2. The zero-order chi connectivity index (χ0) is 21.6. The van der Waals surface area contributed by atoms with Gasteiger partial charge in [-0.25, -0.2) is 4.79 Å². The van der Waals surface area contributed by atoms with Gasteiger partial charge in [0.1, 0.15) is 11.3 Å². The highest BCUT2D eigenvalue weighted by molar-refractivity contribution is 6.30. The molecule has 1 aromatic heterocycles. The SMILES string of the molecule is O=C(COc1ccc(Cl)cc1)Nc1c(NCc2ccccc2)c2ccccc2oc1=O. The van der Waals surface area contributed by atoms with Crippen LogP contribution in [0, 0.1) is 0 Å². The Morgan fingerprint density at radius 1 is 0.903 bits per heavy atom. The molecule has 0 aliphatic rings. The normalized spacial score (nSPS) is 10.6. The van der Waals surface area contributed by atoms with Crippen LogP contribution in [0.2, 0.25) is 5.02 Å². The van der Waals surface area contributed by atoms with Gasteiger partial charge < -0.3 is 19.8 Å². The van der Waals surface area contributed by atoms with Gasteiger partial charge in [-0.1, -0.05) is 54.1 Å². The fraction of sp³-hybridized carbons (Fsp3) is 0.0833. The summed E-state index contributed by atoms with van der Waals surface area (Å²) in [5.74, 6) is 0.00724. The van der Waals surface area contributed by atoms with E-state index in [4.69, 9.17) is 20.8 Å². The number of carbonyl (C=O) groups is 1. The summed E-state index contributed by atoms with van der Waals surface area (Å²) in [6.45, 7) is 0.199. The molecule has 0 radical (unpaired) electrons. The van der Waals surface area contributed by atoms with E-state index in [0.29, 0.717) is 34.0 Å². The molecule has 7 heteroatoms. The average Bonchev–Trinajstić information content (AvgIpc) is 2.79. The summed E-state index contributed by atoms with van der Waals surface area (Å²) in [6, 6.07) is 23.5. The molecule has 0 aliphatic carbocycles. The van der Waals surface area contributed by atoms with Gasteiger partial charge in [-0.05, 0) is 42.0 Å². The van der Waals surface area contributed by atoms with Crippen LogP contribution in [-0.2, 0) is 11.3 Å². The van der Waals surface area contributed by atoms with Crippen LogP contribution >= 0.6 is 11.6 Å². The summed E-state index contributed by atoms with van der Waals surface area (Å²) in [7, 11) is 0. The molecule has 6 nitrogen and oxygen atoms in total. The van der Waals surface area contributed by atoms with Crippen LogP contribution in [0.5, 0.6) is 5.75 Å². The quantitative estimate of drug-likeness (QED) is 0.397. The molecule has 0 atom stereocenters. The van der Waals surface area contributed by atoms with E-state index < -0.39 is 11.5 Å². The van der Waals surface area contributed by atoms with Crippen LogP contribution in [0.3, 0.4) is 0 Å². The molecule has 0 unspecified atom stereocenters. The highest BCUT2D eigenvalue weighted by Crippen LogP contribution is 2.29. The van der Waals surface area contributed by atoms with Crippen molar-refractivity contribution in [2.75, 3.05) is 17.2 Å². The fourth-order valence-corrected chi connectivity index (χ4v) is 3.21. The lowest BCUT2D eigenvalue weighted by Gasteiger charge is -2.15. The molecule has 0 bridgehead atoms. The first-order valence-electron chi connectivity index (χ1n) is 9.62. The molecule has 0 saturated heterocycles. The number of carbonyl (C=O) groups excluding carboxylic acids is 1. The molecule has 0 aliphatic heterocycles. The maximum absolute atomic E-state index is 12.6. The van der Waals surface area contributed by atoms with Crippen molar-refractivity contribution in [3.63, 3.8) is 0 Å². The second-order valence-electron chi connectivity index (χ2n) is 6.77. The topological polar surface area (TPSA) is 80.6 Å². The van der Waals surface area contributed by atoms with E-state index in [9.17, 15) is 9.59 Å². The molecule has 0 spiro atoms. The molecule has 4 rings (SSSR count). The van der Waals surface area contributed by atoms with Gasteiger partial charge >= 0.3 is 5.63 Å². The first-order valence-corrected chi connectivity index (χ1v) is 10.00. The summed E-state index contributed by atoms with van der Waals surface area (Å²) >= 11 is 5.85. The van der Waals surface area contributed by atoms with Gasteiger partial charge in [0.05, 0.1) is 5.69 Å². The van der Waals surface area contributed by atoms with E-state index >= 15 is 0 Å². The van der Waals surface area contributed by atoms with Gasteiger partial charge in [0.25, 0.3) is 5.91 Å². The standard InChI is InChI=1S/C24H19ClN2O4/c25-17-10-12-18(13-11-17)30-15-21(28)27-23-22(26-14-16-6-2-1-3-7-16)19-8-4-5-9-20(19)31-24(23)29/h1-13,26H,14-15H2,(H,27,28). The highest BCUT2D eigenvalue weighted by Gasteiger charge is 2.17. The minimum Gasteiger partial charge on any atom is -0.484 e. The molecule has 31 heavy (non-hydrogen) atoms. The van der Waals surface area contributed by atoms with E-state index in [0.717, 1.165) is 5.56 Å². The van der Waals surface area contributed by atoms with Crippen molar-refractivity contribution in [1.29, 1.82) is 0 Å². The van der Waals surface area contributed by atoms with E-state index in [2.05, 4.69) is 10.6 Å². The van der Waals surface area contributed by atoms with Crippen molar-refractivity contribution in [3.05, 3.63) is 99.9 Å². The number of fused-ring (bicyclic) bond motifs is 1. The van der Waals surface area contributed by atoms with Crippen molar-refractivity contribution in [2.24, 2.45) is 0 Å². The first-order chi connectivity index (χ1) is 15.1. The third kappa shape index (κ3) is 5.05. The van der Waals surface area contributed by atoms with Gasteiger partial charge in [0, 0.05) is 17.0 Å². The largest absolute Gasteiger partial charge is 0.484 e. The number of hydrogen-bond acceptors (Lipinski definition) is 5. The Hall–Kier alpha value is -3.77. The van der Waals surface area contributed by atoms with E-state index in [1.807, 2.05) is 42.5 Å². The number of rotatable bonds is 7. The van der Waals surface area contributed by atoms with Crippen LogP contribution < -0.4 is 21.0 Å². The molecular formula is C24H19ClN2O4. The van der Waals surface area contributed by atoms with Gasteiger partial charge in [0.15, 0.2) is 12.3 Å². The molecule has 4 aromatic rings. The lowest BCUT2D eigenvalue weighted by molar-refractivity contribution is -0.118. The minimum absolute atomic E-state index is 0.0411. The smallest absolute Gasteiger partial charge is 0.362 e. The van der Waals surface area contributed by atoms with Gasteiger partial charge in [-0.3, -0.25) is 4.79 Å². The third-order valence-electron chi connectivity index (χ3n) is 4.57. The van der Waals surface area contributed by atoms with Crippen LogP contribution in [-0.4, -0.2) is 12.5 Å². The van der Waals surface area contributed by atoms with Crippen LogP contribution in [0.1, 0.15) is 5.56 Å². The number of amides is 1. The molecular weight excluding hydrogens is 416 g/mol. The summed E-state index contributed by atoms with van der Waals surface area (Å²) in [4.78, 5) is 25.1. The van der Waals surface area contributed by atoms with Crippen molar-refractivity contribution >= 4 is 39.9 Å². The number of anilines is 2. The number of benzene rings is 3. The predicted octanol–water partition coefficient (Wildman–Crippen LogP) is 5.08. The molecule has 3 aromatic carbocycles. The summed E-state index contributed by atoms with van der Waals surface area (Å²) in [6.07, 6.45) is 0. The Kier molecular flexibility index (Phi) is 6.19. The molecule has 1 heterocycles. The van der Waals surface area contributed by atoms with Crippen LogP contribution in [0.15, 0.2) is 88.1 Å². The Bertz CT molecular complexity index is 1250. The second kappa shape index (κ2) is 9.36. The maximum Gasteiger partial charge on any atom is 0.362 e. The van der Waals surface area contributed by atoms with Crippen molar-refractivity contribution in [2.45, 2.75) is 6.54 Å². The molecule has 0 saturated carbocycles. The Morgan fingerprint density at radius 3 is 2.39 bits per heavy atom. The zero-order valence-electron chi connectivity index (χ0n) is 16.4. The van der Waals surface area contributed by atoms with Gasteiger partial charge in [0.2, 0.25) is 0 Å². The second-order valence-corrected chi connectivity index (χ2v) is 7.20. The number of hydrogen-bond donors (Lipinski definition) is 2. The third-order valence-corrected chi connectivity index (χ3v) is 4.83. The van der Waals surface area contributed by atoms with E-state index in [1.54, 1.807) is 36.4 Å². The number of nitrogens with one attached hydrogen (secondary N) is 2. The monoisotopic (exact) mass is 434 g/mol. The Balaban J connectivity index is 1.58. The highest BCUT2D eigenvalue weighted by atomic mass is 35.5. The maximum atomic E-state index is 12.6. The lowest BCUT2D eigenvalue weighted by Crippen LogP contribution is -2.25. The number of ether oxygens (including phenoxy) is 1.